The Morgan fingerprint density at radius 2 is 1.71 bits per heavy atom. The number of carbonyl (C=O) groups is 2. The summed E-state index contributed by atoms with van der Waals surface area (Å²) in [6, 6.07) is 13.4. The summed E-state index contributed by atoms with van der Waals surface area (Å²) in [4.78, 5) is 26.1. The number of carbonyl (C=O) groups excluding carboxylic acids is 2. The van der Waals surface area contributed by atoms with E-state index in [-0.39, 0.29) is 24.3 Å². The van der Waals surface area contributed by atoms with Crippen LogP contribution < -0.4 is 14.8 Å². The molecule has 9 heteroatoms. The van der Waals surface area contributed by atoms with Crippen molar-refractivity contribution >= 4 is 17.6 Å². The molecule has 1 aromatic heterocycles. The fourth-order valence-electron chi connectivity index (χ4n) is 5.46. The number of ether oxygens (including phenoxy) is 3. The number of aryl methyl sites for hydroxylation is 1. The zero-order valence-corrected chi connectivity index (χ0v) is 24.8. The average molecular weight is 563 g/mol. The van der Waals surface area contributed by atoms with Crippen LogP contribution in [0.25, 0.3) is 5.69 Å². The van der Waals surface area contributed by atoms with Gasteiger partial charge in [0.25, 0.3) is 5.91 Å². The van der Waals surface area contributed by atoms with Crippen LogP contribution in [-0.4, -0.2) is 61.0 Å². The van der Waals surface area contributed by atoms with E-state index in [0.29, 0.717) is 36.1 Å². The molecule has 0 bridgehead atoms. The standard InChI is InChI=1S/C32H42N4O5/c1-6-41-30(37)16-17-35(3)32(38)24-12-14-25(15-13-24)33-31(23-10-8-7-9-11-23)29-21-36(34-22(29)2)26-18-27(39-4)20-28(19-26)40-5/h12-15,18-21,23,31,33H,6-11,16-17H2,1-5H3. The minimum atomic E-state index is -0.301. The van der Waals surface area contributed by atoms with Gasteiger partial charge in [-0.15, -0.1) is 0 Å². The number of rotatable bonds is 12. The van der Waals surface area contributed by atoms with Gasteiger partial charge < -0.3 is 24.4 Å². The van der Waals surface area contributed by atoms with Crippen molar-refractivity contribution in [2.24, 2.45) is 5.92 Å². The fraction of sp³-hybridized carbons (Fsp3) is 0.469. The number of hydrogen-bond donors (Lipinski definition) is 1. The van der Waals surface area contributed by atoms with Crippen molar-refractivity contribution in [1.82, 2.24) is 14.7 Å². The Kier molecular flexibility index (Phi) is 10.3. The second-order valence-electron chi connectivity index (χ2n) is 10.6. The summed E-state index contributed by atoms with van der Waals surface area (Å²) < 4.78 is 17.8. The molecule has 9 nitrogen and oxygen atoms in total. The van der Waals surface area contributed by atoms with E-state index < -0.39 is 0 Å². The highest BCUT2D eigenvalue weighted by Gasteiger charge is 2.28. The molecule has 4 rings (SSSR count). The van der Waals surface area contributed by atoms with E-state index in [1.54, 1.807) is 33.1 Å². The van der Waals surface area contributed by atoms with Gasteiger partial charge in [-0.1, -0.05) is 19.3 Å². The van der Waals surface area contributed by atoms with E-state index in [1.165, 1.54) is 19.3 Å². The maximum absolute atomic E-state index is 12.9. The molecule has 1 atom stereocenters. The Hall–Kier alpha value is -4.01. The van der Waals surface area contributed by atoms with Gasteiger partial charge in [0, 0.05) is 54.8 Å². The molecule has 0 aliphatic heterocycles. The number of aromatic nitrogens is 2. The third-order valence-corrected chi connectivity index (χ3v) is 7.75. The molecule has 3 aromatic rings. The monoisotopic (exact) mass is 562 g/mol. The number of anilines is 1. The summed E-state index contributed by atoms with van der Waals surface area (Å²) in [6.45, 7) is 4.47. The Bertz CT molecular complexity index is 1290. The van der Waals surface area contributed by atoms with Gasteiger partial charge in [0.15, 0.2) is 0 Å². The molecule has 1 saturated carbocycles. The number of methoxy groups -OCH3 is 2. The summed E-state index contributed by atoms with van der Waals surface area (Å²) >= 11 is 0. The van der Waals surface area contributed by atoms with Crippen LogP contribution in [0, 0.1) is 12.8 Å². The lowest BCUT2D eigenvalue weighted by Gasteiger charge is -2.31. The SMILES string of the molecule is CCOC(=O)CCN(C)C(=O)c1ccc(NC(c2cn(-c3cc(OC)cc(OC)c3)nc2C)C2CCCCC2)cc1. The van der Waals surface area contributed by atoms with Gasteiger partial charge in [-0.05, 0) is 56.9 Å². The Morgan fingerprint density at radius 1 is 1.05 bits per heavy atom. The molecule has 1 aliphatic rings. The van der Waals surface area contributed by atoms with Gasteiger partial charge in [-0.2, -0.15) is 5.10 Å². The molecule has 1 heterocycles. The predicted octanol–water partition coefficient (Wildman–Crippen LogP) is 5.96. The number of nitrogens with zero attached hydrogens (tertiary/aromatic N) is 3. The van der Waals surface area contributed by atoms with Crippen LogP contribution >= 0.6 is 0 Å². The van der Waals surface area contributed by atoms with Crippen molar-refractivity contribution in [3.8, 4) is 17.2 Å². The van der Waals surface area contributed by atoms with Crippen molar-refractivity contribution in [1.29, 1.82) is 0 Å². The molecule has 1 fully saturated rings. The normalized spacial score (nSPS) is 14.3. The first-order valence-electron chi connectivity index (χ1n) is 14.4. The highest BCUT2D eigenvalue weighted by Crippen LogP contribution is 2.38. The van der Waals surface area contributed by atoms with Gasteiger partial charge in [-0.25, -0.2) is 4.68 Å². The lowest BCUT2D eigenvalue weighted by molar-refractivity contribution is -0.143. The smallest absolute Gasteiger partial charge is 0.307 e. The van der Waals surface area contributed by atoms with E-state index >= 15 is 0 Å². The van der Waals surface area contributed by atoms with Crippen molar-refractivity contribution in [2.75, 3.05) is 39.7 Å². The van der Waals surface area contributed by atoms with Crippen molar-refractivity contribution in [2.45, 2.75) is 58.4 Å². The molecular weight excluding hydrogens is 520 g/mol. The second-order valence-corrected chi connectivity index (χ2v) is 10.6. The van der Waals surface area contributed by atoms with Gasteiger partial charge in [0.05, 0.1) is 44.7 Å². The third kappa shape index (κ3) is 7.60. The lowest BCUT2D eigenvalue weighted by atomic mass is 9.81. The molecule has 1 amide bonds. The first kappa shape index (κ1) is 30.0. The summed E-state index contributed by atoms with van der Waals surface area (Å²) in [5.74, 6) is 1.45. The number of esters is 1. The first-order chi connectivity index (χ1) is 19.8. The van der Waals surface area contributed by atoms with Crippen molar-refractivity contribution in [3.05, 3.63) is 65.5 Å². The third-order valence-electron chi connectivity index (χ3n) is 7.75. The van der Waals surface area contributed by atoms with E-state index in [0.717, 1.165) is 35.5 Å². The van der Waals surface area contributed by atoms with Crippen LogP contribution in [0.15, 0.2) is 48.7 Å². The molecule has 0 spiro atoms. The molecular formula is C32H42N4O5. The zero-order chi connectivity index (χ0) is 29.4. The summed E-state index contributed by atoms with van der Waals surface area (Å²) in [7, 11) is 4.98. The van der Waals surface area contributed by atoms with Crippen molar-refractivity contribution < 1.29 is 23.8 Å². The van der Waals surface area contributed by atoms with E-state index in [1.807, 2.05) is 47.1 Å². The van der Waals surface area contributed by atoms with Gasteiger partial charge in [0.1, 0.15) is 11.5 Å². The largest absolute Gasteiger partial charge is 0.497 e. The number of nitrogens with one attached hydrogen (secondary N) is 1. The summed E-state index contributed by atoms with van der Waals surface area (Å²) in [5.41, 5.74) is 4.50. The van der Waals surface area contributed by atoms with Crippen LogP contribution in [0.4, 0.5) is 5.69 Å². The fourth-order valence-corrected chi connectivity index (χ4v) is 5.46. The number of benzene rings is 2. The molecule has 1 N–H and O–H groups in total. The quantitative estimate of drug-likeness (QED) is 0.272. The van der Waals surface area contributed by atoms with Gasteiger partial charge in [-0.3, -0.25) is 9.59 Å². The maximum Gasteiger partial charge on any atom is 0.307 e. The van der Waals surface area contributed by atoms with Crippen molar-refractivity contribution in [3.63, 3.8) is 0 Å². The average Bonchev–Trinajstić information content (AvgIpc) is 3.39. The Morgan fingerprint density at radius 3 is 2.32 bits per heavy atom. The molecule has 41 heavy (non-hydrogen) atoms. The van der Waals surface area contributed by atoms with E-state index in [4.69, 9.17) is 19.3 Å². The van der Waals surface area contributed by atoms with Gasteiger partial charge >= 0.3 is 5.97 Å². The van der Waals surface area contributed by atoms with E-state index in [2.05, 4.69) is 18.4 Å². The predicted molar refractivity (Wildman–Crippen MR) is 159 cm³/mol. The first-order valence-corrected chi connectivity index (χ1v) is 14.4. The molecule has 1 unspecified atom stereocenters. The van der Waals surface area contributed by atoms with Crippen LogP contribution in [0.1, 0.15) is 73.1 Å². The Balaban J connectivity index is 1.54. The number of amides is 1. The maximum atomic E-state index is 12.9. The van der Waals surface area contributed by atoms with Crippen LogP contribution in [0.5, 0.6) is 11.5 Å². The highest BCUT2D eigenvalue weighted by molar-refractivity contribution is 5.94. The topological polar surface area (TPSA) is 94.9 Å². The van der Waals surface area contributed by atoms with Crippen LogP contribution in [-0.2, 0) is 9.53 Å². The minimum Gasteiger partial charge on any atom is -0.497 e. The highest BCUT2D eigenvalue weighted by atomic mass is 16.5. The molecule has 0 saturated heterocycles. The molecule has 0 radical (unpaired) electrons. The second kappa shape index (κ2) is 14.1. The zero-order valence-electron chi connectivity index (χ0n) is 24.8. The summed E-state index contributed by atoms with van der Waals surface area (Å²) in [5, 5.41) is 8.65. The molecule has 2 aromatic carbocycles. The van der Waals surface area contributed by atoms with Crippen LogP contribution in [0.3, 0.4) is 0 Å². The lowest BCUT2D eigenvalue weighted by Crippen LogP contribution is -2.29. The molecule has 220 valence electrons. The molecule has 1 aliphatic carbocycles. The van der Waals surface area contributed by atoms with Crippen LogP contribution in [0.2, 0.25) is 0 Å². The summed E-state index contributed by atoms with van der Waals surface area (Å²) in [6.07, 6.45) is 8.28. The number of hydrogen-bond acceptors (Lipinski definition) is 7. The Labute approximate surface area is 242 Å². The van der Waals surface area contributed by atoms with Gasteiger partial charge in [0.2, 0.25) is 0 Å². The minimum absolute atomic E-state index is 0.0744. The van der Waals surface area contributed by atoms with E-state index in [9.17, 15) is 9.59 Å².